The summed E-state index contributed by atoms with van der Waals surface area (Å²) in [5.74, 6) is 0.292. The molecule has 0 spiro atoms. The lowest BCUT2D eigenvalue weighted by atomic mass is 10.1. The van der Waals surface area contributed by atoms with E-state index < -0.39 is 16.8 Å². The fourth-order valence-corrected chi connectivity index (χ4v) is 4.78. The molecule has 0 saturated heterocycles. The van der Waals surface area contributed by atoms with Gasteiger partial charge in [-0.2, -0.15) is 18.4 Å². The van der Waals surface area contributed by atoms with Crippen molar-refractivity contribution >= 4 is 29.3 Å². The molecule has 12 heteroatoms. The van der Waals surface area contributed by atoms with Gasteiger partial charge in [-0.1, -0.05) is 17.7 Å². The van der Waals surface area contributed by atoms with E-state index in [0.29, 0.717) is 17.7 Å². The van der Waals surface area contributed by atoms with E-state index in [2.05, 4.69) is 15.3 Å². The minimum absolute atomic E-state index is 0.0912. The van der Waals surface area contributed by atoms with Gasteiger partial charge in [0.15, 0.2) is 0 Å². The maximum Gasteiger partial charge on any atom is 0.417 e. The lowest BCUT2D eigenvalue weighted by Crippen LogP contribution is -2.47. The van der Waals surface area contributed by atoms with Crippen LogP contribution in [-0.2, 0) is 23.1 Å². The summed E-state index contributed by atoms with van der Waals surface area (Å²) in [6, 6.07) is 10.0. The summed E-state index contributed by atoms with van der Waals surface area (Å²) in [5, 5.41) is 12.1. The van der Waals surface area contributed by atoms with E-state index in [1.54, 1.807) is 30.7 Å². The Hall–Kier alpha value is -3.75. The van der Waals surface area contributed by atoms with Gasteiger partial charge in [0.1, 0.15) is 29.4 Å². The van der Waals surface area contributed by atoms with Crippen LogP contribution < -0.4 is 10.1 Å². The van der Waals surface area contributed by atoms with Gasteiger partial charge in [0.2, 0.25) is 0 Å². The zero-order valence-electron chi connectivity index (χ0n) is 19.3. The summed E-state index contributed by atoms with van der Waals surface area (Å²) in [4.78, 5) is 22.4. The van der Waals surface area contributed by atoms with Crippen molar-refractivity contribution in [1.29, 1.82) is 5.26 Å². The van der Waals surface area contributed by atoms with Gasteiger partial charge in [-0.25, -0.2) is 9.97 Å². The third-order valence-electron chi connectivity index (χ3n) is 5.33. The van der Waals surface area contributed by atoms with Crippen LogP contribution in [0.15, 0.2) is 66.9 Å². The number of nitrogens with one attached hydrogen (secondary N) is 1. The molecule has 0 bridgehead atoms. The minimum Gasteiger partial charge on any atom is -0.456 e. The largest absolute Gasteiger partial charge is 0.456 e. The van der Waals surface area contributed by atoms with Crippen LogP contribution in [0, 0.1) is 11.3 Å². The Labute approximate surface area is 219 Å². The van der Waals surface area contributed by atoms with Crippen LogP contribution in [0.5, 0.6) is 11.5 Å². The summed E-state index contributed by atoms with van der Waals surface area (Å²) >= 11 is 7.10. The van der Waals surface area contributed by atoms with Crippen LogP contribution in [0.25, 0.3) is 0 Å². The monoisotopic (exact) mass is 545 g/mol. The van der Waals surface area contributed by atoms with Crippen LogP contribution in [0.4, 0.5) is 13.2 Å². The first-order valence-electron chi connectivity index (χ1n) is 10.8. The van der Waals surface area contributed by atoms with Gasteiger partial charge >= 0.3 is 6.18 Å². The molecule has 1 N–H and O–H groups in total. The van der Waals surface area contributed by atoms with Crippen molar-refractivity contribution in [1.82, 2.24) is 20.2 Å². The SMILES string of the molecule is CN1C=C(Cc2cncnc2)C(=O)NC1SCc1ccc(Oc2ccc(Cl)c(C(F)(F)F)c2)c(C#N)c1. The third kappa shape index (κ3) is 6.53. The number of thioether (sulfide) groups is 1. The van der Waals surface area contributed by atoms with Crippen molar-refractivity contribution in [2.24, 2.45) is 0 Å². The number of hydrogen-bond donors (Lipinski definition) is 1. The number of benzene rings is 2. The average Bonchev–Trinajstić information content (AvgIpc) is 2.87. The second-order valence-corrected chi connectivity index (χ2v) is 9.54. The second kappa shape index (κ2) is 11.1. The van der Waals surface area contributed by atoms with Crippen molar-refractivity contribution in [2.75, 3.05) is 7.05 Å². The molecule has 3 aromatic rings. The highest BCUT2D eigenvalue weighted by Crippen LogP contribution is 2.38. The van der Waals surface area contributed by atoms with Gasteiger partial charge in [0.25, 0.3) is 5.91 Å². The molecule has 1 aliphatic rings. The molecule has 0 radical (unpaired) electrons. The van der Waals surface area contributed by atoms with Crippen LogP contribution >= 0.6 is 23.4 Å². The highest BCUT2D eigenvalue weighted by Gasteiger charge is 2.33. The van der Waals surface area contributed by atoms with Crippen molar-refractivity contribution in [2.45, 2.75) is 23.8 Å². The summed E-state index contributed by atoms with van der Waals surface area (Å²) in [5.41, 5.74) is 0.988. The zero-order valence-corrected chi connectivity index (χ0v) is 20.9. The number of aromatic nitrogens is 2. The maximum absolute atomic E-state index is 13.1. The standard InChI is InChI=1S/C25H19ClF3N5O2S/c1-34-12-18(7-16-10-31-14-32-11-16)23(35)33-24(34)37-13-15-2-5-22(17(6-15)9-30)36-19-3-4-21(26)20(8-19)25(27,28)29/h2-6,8,10-12,14,24H,7,13H2,1H3,(H,33,35). The molecule has 0 fully saturated rings. The Morgan fingerprint density at radius 2 is 1.95 bits per heavy atom. The maximum atomic E-state index is 13.1. The second-order valence-electron chi connectivity index (χ2n) is 8.06. The van der Waals surface area contributed by atoms with E-state index in [4.69, 9.17) is 16.3 Å². The Bertz CT molecular complexity index is 1380. The molecule has 4 rings (SSSR count). The Morgan fingerprint density at radius 3 is 2.65 bits per heavy atom. The number of amides is 1. The Morgan fingerprint density at radius 1 is 1.19 bits per heavy atom. The minimum atomic E-state index is -4.64. The number of nitriles is 1. The zero-order chi connectivity index (χ0) is 26.6. The predicted octanol–water partition coefficient (Wildman–Crippen LogP) is 5.52. The van der Waals surface area contributed by atoms with Gasteiger partial charge in [-0.15, -0.1) is 11.8 Å². The molecule has 1 aromatic heterocycles. The fourth-order valence-electron chi connectivity index (χ4n) is 3.54. The Balaban J connectivity index is 1.42. The highest BCUT2D eigenvalue weighted by atomic mass is 35.5. The van der Waals surface area contributed by atoms with Crippen LogP contribution in [0.1, 0.15) is 22.3 Å². The molecule has 1 atom stereocenters. The van der Waals surface area contributed by atoms with Crippen molar-refractivity contribution in [3.8, 4) is 17.6 Å². The summed E-state index contributed by atoms with van der Waals surface area (Å²) in [7, 11) is 1.84. The number of ether oxygens (including phenoxy) is 1. The van der Waals surface area contributed by atoms with E-state index in [9.17, 15) is 23.2 Å². The molecule has 0 saturated carbocycles. The quantitative estimate of drug-likeness (QED) is 0.418. The summed E-state index contributed by atoms with van der Waals surface area (Å²) in [6.45, 7) is 0. The van der Waals surface area contributed by atoms with Crippen LogP contribution in [-0.4, -0.2) is 33.3 Å². The topological polar surface area (TPSA) is 91.1 Å². The van der Waals surface area contributed by atoms with E-state index in [0.717, 1.165) is 23.3 Å². The molecule has 37 heavy (non-hydrogen) atoms. The molecule has 1 unspecified atom stereocenters. The van der Waals surface area contributed by atoms with Gasteiger partial charge in [0.05, 0.1) is 16.1 Å². The number of halogens is 4. The normalized spacial score (nSPS) is 15.6. The molecule has 2 heterocycles. The predicted molar refractivity (Wildman–Crippen MR) is 132 cm³/mol. The van der Waals surface area contributed by atoms with Crippen molar-refractivity contribution < 1.29 is 22.7 Å². The van der Waals surface area contributed by atoms with Gasteiger partial charge in [0, 0.05) is 43.4 Å². The first-order valence-corrected chi connectivity index (χ1v) is 12.2. The molecule has 0 aliphatic carbocycles. The number of carbonyl (C=O) groups is 1. The molecular formula is C25H19ClF3N5O2S. The van der Waals surface area contributed by atoms with Crippen molar-refractivity contribution in [3.63, 3.8) is 0 Å². The van der Waals surface area contributed by atoms with Gasteiger partial charge in [-0.3, -0.25) is 4.79 Å². The molecular weight excluding hydrogens is 527 g/mol. The number of hydrogen-bond acceptors (Lipinski definition) is 7. The average molecular weight is 546 g/mol. The smallest absolute Gasteiger partial charge is 0.417 e. The number of carbonyl (C=O) groups excluding carboxylic acids is 1. The summed E-state index contributed by atoms with van der Waals surface area (Å²) in [6.07, 6.45) is 2.29. The molecule has 2 aromatic carbocycles. The van der Waals surface area contributed by atoms with E-state index in [-0.39, 0.29) is 28.5 Å². The number of alkyl halides is 3. The summed E-state index contributed by atoms with van der Waals surface area (Å²) < 4.78 is 45.0. The first kappa shape index (κ1) is 26.3. The van der Waals surface area contributed by atoms with Crippen LogP contribution in [0.3, 0.4) is 0 Å². The molecule has 1 amide bonds. The van der Waals surface area contributed by atoms with Gasteiger partial charge < -0.3 is 15.0 Å². The first-order chi connectivity index (χ1) is 17.6. The molecule has 7 nitrogen and oxygen atoms in total. The Kier molecular flexibility index (Phi) is 7.90. The third-order valence-corrected chi connectivity index (χ3v) is 6.92. The van der Waals surface area contributed by atoms with E-state index in [1.807, 2.05) is 18.0 Å². The van der Waals surface area contributed by atoms with Crippen LogP contribution in [0.2, 0.25) is 5.02 Å². The molecule has 190 valence electrons. The lowest BCUT2D eigenvalue weighted by Gasteiger charge is -2.32. The van der Waals surface area contributed by atoms with E-state index >= 15 is 0 Å². The number of nitrogens with zero attached hydrogens (tertiary/aromatic N) is 4. The van der Waals surface area contributed by atoms with Crippen molar-refractivity contribution in [3.05, 3.63) is 94.2 Å². The molecule has 1 aliphatic heterocycles. The highest BCUT2D eigenvalue weighted by molar-refractivity contribution is 7.99. The number of rotatable bonds is 7. The lowest BCUT2D eigenvalue weighted by molar-refractivity contribution is -0.137. The fraction of sp³-hybridized carbons (Fsp3) is 0.200. The van der Waals surface area contributed by atoms with Gasteiger partial charge in [-0.05, 0) is 41.5 Å². The van der Waals surface area contributed by atoms with E-state index in [1.165, 1.54) is 30.2 Å².